The van der Waals surface area contributed by atoms with Gasteiger partial charge in [0.05, 0.1) is 0 Å². The molecule has 4 nitrogen and oxygen atoms in total. The summed E-state index contributed by atoms with van der Waals surface area (Å²) in [6.07, 6.45) is 5.53. The van der Waals surface area contributed by atoms with Crippen molar-refractivity contribution >= 4 is 5.91 Å². The average Bonchev–Trinajstić information content (AvgIpc) is 2.54. The SMILES string of the molecule is O=C(NCC(O)COc1ccc(F)c(F)c1)C1CC=CCC1. The maximum Gasteiger partial charge on any atom is 0.223 e. The van der Waals surface area contributed by atoms with Crippen LogP contribution in [0.4, 0.5) is 8.78 Å². The fourth-order valence-corrected chi connectivity index (χ4v) is 2.21. The molecule has 0 spiro atoms. The van der Waals surface area contributed by atoms with E-state index >= 15 is 0 Å². The van der Waals surface area contributed by atoms with Crippen molar-refractivity contribution in [3.63, 3.8) is 0 Å². The van der Waals surface area contributed by atoms with Crippen LogP contribution in [0.5, 0.6) is 5.75 Å². The third-order valence-electron chi connectivity index (χ3n) is 3.49. The summed E-state index contributed by atoms with van der Waals surface area (Å²) in [5.41, 5.74) is 0. The van der Waals surface area contributed by atoms with Crippen molar-refractivity contribution in [1.82, 2.24) is 5.32 Å². The Labute approximate surface area is 127 Å². The highest BCUT2D eigenvalue weighted by Crippen LogP contribution is 2.18. The molecule has 2 N–H and O–H groups in total. The van der Waals surface area contributed by atoms with Gasteiger partial charge in [-0.05, 0) is 31.4 Å². The minimum atomic E-state index is -1.01. The minimum Gasteiger partial charge on any atom is -0.491 e. The fraction of sp³-hybridized carbons (Fsp3) is 0.438. The Balaban J connectivity index is 1.71. The van der Waals surface area contributed by atoms with E-state index in [0.717, 1.165) is 25.0 Å². The molecule has 1 aromatic carbocycles. The van der Waals surface area contributed by atoms with E-state index in [2.05, 4.69) is 5.32 Å². The number of amides is 1. The van der Waals surface area contributed by atoms with E-state index in [1.54, 1.807) is 0 Å². The molecule has 120 valence electrons. The molecule has 1 amide bonds. The van der Waals surface area contributed by atoms with Crippen LogP contribution in [0.2, 0.25) is 0 Å². The summed E-state index contributed by atoms with van der Waals surface area (Å²) in [7, 11) is 0. The van der Waals surface area contributed by atoms with Gasteiger partial charge in [0.2, 0.25) is 5.91 Å². The number of carbonyl (C=O) groups excluding carboxylic acids is 1. The predicted octanol–water partition coefficient (Wildman–Crippen LogP) is 2.18. The Hall–Kier alpha value is -1.95. The molecule has 0 fully saturated rings. The predicted molar refractivity (Wildman–Crippen MR) is 77.4 cm³/mol. The highest BCUT2D eigenvalue weighted by molar-refractivity contribution is 5.78. The average molecular weight is 311 g/mol. The van der Waals surface area contributed by atoms with Crippen LogP contribution in [0, 0.1) is 17.6 Å². The van der Waals surface area contributed by atoms with Crippen LogP contribution >= 0.6 is 0 Å². The molecular formula is C16H19F2NO3. The molecule has 2 rings (SSSR count). The van der Waals surface area contributed by atoms with Crippen LogP contribution < -0.4 is 10.1 Å². The molecule has 1 aliphatic carbocycles. The molecule has 0 saturated heterocycles. The van der Waals surface area contributed by atoms with Gasteiger partial charge in [-0.1, -0.05) is 12.2 Å². The molecule has 22 heavy (non-hydrogen) atoms. The number of aliphatic hydroxyl groups excluding tert-OH is 1. The molecule has 0 bridgehead atoms. The molecule has 0 aliphatic heterocycles. The van der Waals surface area contributed by atoms with E-state index in [-0.39, 0.29) is 30.7 Å². The molecule has 0 radical (unpaired) electrons. The Morgan fingerprint density at radius 1 is 1.36 bits per heavy atom. The Morgan fingerprint density at radius 2 is 2.18 bits per heavy atom. The molecule has 1 aliphatic rings. The lowest BCUT2D eigenvalue weighted by atomic mass is 9.94. The van der Waals surface area contributed by atoms with Gasteiger partial charge >= 0.3 is 0 Å². The first-order chi connectivity index (χ1) is 10.6. The molecule has 0 aromatic heterocycles. The summed E-state index contributed by atoms with van der Waals surface area (Å²) in [4.78, 5) is 11.9. The summed E-state index contributed by atoms with van der Waals surface area (Å²) in [5.74, 6) is -1.98. The van der Waals surface area contributed by atoms with Gasteiger partial charge in [-0.3, -0.25) is 4.79 Å². The fourth-order valence-electron chi connectivity index (χ4n) is 2.21. The smallest absolute Gasteiger partial charge is 0.223 e. The number of hydrogen-bond donors (Lipinski definition) is 2. The summed E-state index contributed by atoms with van der Waals surface area (Å²) < 4.78 is 30.9. The molecule has 2 atom stereocenters. The highest BCUT2D eigenvalue weighted by atomic mass is 19.2. The zero-order chi connectivity index (χ0) is 15.9. The molecule has 2 unspecified atom stereocenters. The number of aliphatic hydroxyl groups is 1. The normalized spacial score (nSPS) is 18.8. The van der Waals surface area contributed by atoms with E-state index in [4.69, 9.17) is 4.74 Å². The van der Waals surface area contributed by atoms with Gasteiger partial charge in [-0.25, -0.2) is 8.78 Å². The topological polar surface area (TPSA) is 58.6 Å². The lowest BCUT2D eigenvalue weighted by Gasteiger charge is -2.19. The highest BCUT2D eigenvalue weighted by Gasteiger charge is 2.19. The molecule has 1 aromatic rings. The third kappa shape index (κ3) is 4.80. The number of carbonyl (C=O) groups is 1. The van der Waals surface area contributed by atoms with E-state index in [1.807, 2.05) is 12.2 Å². The maximum absolute atomic E-state index is 13.0. The van der Waals surface area contributed by atoms with Crippen molar-refractivity contribution in [1.29, 1.82) is 0 Å². The minimum absolute atomic E-state index is 0.0516. The van der Waals surface area contributed by atoms with Crippen LogP contribution in [-0.4, -0.2) is 30.3 Å². The monoisotopic (exact) mass is 311 g/mol. The zero-order valence-corrected chi connectivity index (χ0v) is 12.1. The van der Waals surface area contributed by atoms with Gasteiger partial charge in [0.1, 0.15) is 18.5 Å². The van der Waals surface area contributed by atoms with Gasteiger partial charge < -0.3 is 15.2 Å². The first-order valence-corrected chi connectivity index (χ1v) is 7.25. The van der Waals surface area contributed by atoms with E-state index in [9.17, 15) is 18.7 Å². The number of ether oxygens (including phenoxy) is 1. The van der Waals surface area contributed by atoms with Crippen LogP contribution in [0.1, 0.15) is 19.3 Å². The zero-order valence-electron chi connectivity index (χ0n) is 12.1. The van der Waals surface area contributed by atoms with Gasteiger partial charge in [0, 0.05) is 18.5 Å². The van der Waals surface area contributed by atoms with Crippen LogP contribution in [0.15, 0.2) is 30.4 Å². The largest absolute Gasteiger partial charge is 0.491 e. The first-order valence-electron chi connectivity index (χ1n) is 7.25. The lowest BCUT2D eigenvalue weighted by molar-refractivity contribution is -0.125. The van der Waals surface area contributed by atoms with Gasteiger partial charge in [0.15, 0.2) is 11.6 Å². The number of nitrogens with one attached hydrogen (secondary N) is 1. The molecular weight excluding hydrogens is 292 g/mol. The Kier molecular flexibility index (Phi) is 5.89. The van der Waals surface area contributed by atoms with Crippen molar-refractivity contribution in [3.05, 3.63) is 42.0 Å². The van der Waals surface area contributed by atoms with Crippen LogP contribution in [-0.2, 0) is 4.79 Å². The second-order valence-electron chi connectivity index (χ2n) is 5.27. The Bertz CT molecular complexity index is 548. The molecule has 0 heterocycles. The summed E-state index contributed by atoms with van der Waals surface area (Å²) in [6, 6.07) is 3.14. The number of halogens is 2. The second-order valence-corrected chi connectivity index (χ2v) is 5.27. The third-order valence-corrected chi connectivity index (χ3v) is 3.49. The summed E-state index contributed by atoms with van der Waals surface area (Å²) in [6.45, 7) is -0.0569. The van der Waals surface area contributed by atoms with Gasteiger partial charge in [0.25, 0.3) is 0 Å². The van der Waals surface area contributed by atoms with Crippen molar-refractivity contribution < 1.29 is 23.4 Å². The van der Waals surface area contributed by atoms with Crippen molar-refractivity contribution in [2.75, 3.05) is 13.2 Å². The summed E-state index contributed by atoms with van der Waals surface area (Å²) in [5, 5.41) is 12.4. The van der Waals surface area contributed by atoms with Crippen molar-refractivity contribution in [3.8, 4) is 5.75 Å². The Morgan fingerprint density at radius 3 is 2.86 bits per heavy atom. The maximum atomic E-state index is 13.0. The molecule has 6 heteroatoms. The number of benzene rings is 1. The van der Waals surface area contributed by atoms with Crippen LogP contribution in [0.25, 0.3) is 0 Å². The first kappa shape index (κ1) is 16.4. The number of rotatable bonds is 6. The number of hydrogen-bond acceptors (Lipinski definition) is 3. The molecule has 0 saturated carbocycles. The van der Waals surface area contributed by atoms with Crippen molar-refractivity contribution in [2.45, 2.75) is 25.4 Å². The van der Waals surface area contributed by atoms with E-state index < -0.39 is 17.7 Å². The van der Waals surface area contributed by atoms with Crippen LogP contribution in [0.3, 0.4) is 0 Å². The quantitative estimate of drug-likeness (QED) is 0.792. The lowest BCUT2D eigenvalue weighted by Crippen LogP contribution is -2.38. The van der Waals surface area contributed by atoms with E-state index in [1.165, 1.54) is 6.07 Å². The van der Waals surface area contributed by atoms with Crippen molar-refractivity contribution in [2.24, 2.45) is 5.92 Å². The number of allylic oxidation sites excluding steroid dienone is 2. The standard InChI is InChI=1S/C16H19F2NO3/c17-14-7-6-13(8-15(14)18)22-10-12(20)9-19-16(21)11-4-2-1-3-5-11/h1-2,6-8,11-12,20H,3-5,9-10H2,(H,19,21). The van der Waals surface area contributed by atoms with E-state index in [0.29, 0.717) is 6.42 Å². The van der Waals surface area contributed by atoms with Gasteiger partial charge in [-0.2, -0.15) is 0 Å². The summed E-state index contributed by atoms with van der Waals surface area (Å²) >= 11 is 0. The van der Waals surface area contributed by atoms with Gasteiger partial charge in [-0.15, -0.1) is 0 Å². The second kappa shape index (κ2) is 7.89.